The van der Waals surface area contributed by atoms with Crippen LogP contribution in [0.4, 0.5) is 11.4 Å². The first-order valence-corrected chi connectivity index (χ1v) is 8.19. The fourth-order valence-electron chi connectivity index (χ4n) is 2.68. The van der Waals surface area contributed by atoms with Crippen molar-refractivity contribution in [3.8, 4) is 5.75 Å². The summed E-state index contributed by atoms with van der Waals surface area (Å²) in [6, 6.07) is 11.6. The van der Waals surface area contributed by atoms with Crippen molar-refractivity contribution in [3.63, 3.8) is 0 Å². The molecule has 26 heavy (non-hydrogen) atoms. The molecular formula is C18H17ClN4O3. The number of nitro benzene ring substituents is 1. The van der Waals surface area contributed by atoms with Crippen LogP contribution in [0.15, 0.2) is 54.9 Å². The topological polar surface area (TPSA) is 82.2 Å². The van der Waals surface area contributed by atoms with Crippen molar-refractivity contribution in [2.45, 2.75) is 6.04 Å². The monoisotopic (exact) mass is 372 g/mol. The molecule has 0 aliphatic heterocycles. The van der Waals surface area contributed by atoms with Crippen LogP contribution in [-0.4, -0.2) is 21.6 Å². The predicted molar refractivity (Wildman–Crippen MR) is 99.8 cm³/mol. The molecule has 3 rings (SSSR count). The molecule has 8 heteroatoms. The quantitative estimate of drug-likeness (QED) is 0.518. The minimum Gasteiger partial charge on any atom is -0.497 e. The van der Waals surface area contributed by atoms with Crippen LogP contribution in [0.5, 0.6) is 5.75 Å². The molecule has 2 aromatic carbocycles. The summed E-state index contributed by atoms with van der Waals surface area (Å²) in [5, 5.41) is 14.9. The van der Waals surface area contributed by atoms with Gasteiger partial charge in [0.1, 0.15) is 23.3 Å². The molecule has 1 atom stereocenters. The highest BCUT2D eigenvalue weighted by atomic mass is 35.5. The molecule has 0 radical (unpaired) electrons. The molecule has 1 N–H and O–H groups in total. The zero-order valence-corrected chi connectivity index (χ0v) is 15.0. The van der Waals surface area contributed by atoms with Gasteiger partial charge < -0.3 is 14.6 Å². The first-order valence-electron chi connectivity index (χ1n) is 7.81. The highest BCUT2D eigenvalue weighted by Gasteiger charge is 2.23. The Labute approximate surface area is 155 Å². The van der Waals surface area contributed by atoms with E-state index in [9.17, 15) is 10.1 Å². The summed E-state index contributed by atoms with van der Waals surface area (Å²) >= 11 is 5.91. The Morgan fingerprint density at radius 1 is 1.27 bits per heavy atom. The Kier molecular flexibility index (Phi) is 5.09. The number of anilines is 1. The molecule has 0 aliphatic rings. The Bertz CT molecular complexity index is 924. The minimum absolute atomic E-state index is 0.0924. The summed E-state index contributed by atoms with van der Waals surface area (Å²) in [6.45, 7) is 0. The largest absolute Gasteiger partial charge is 0.497 e. The molecule has 0 amide bonds. The molecule has 0 aliphatic carbocycles. The van der Waals surface area contributed by atoms with Gasteiger partial charge in [0.2, 0.25) is 0 Å². The van der Waals surface area contributed by atoms with Crippen molar-refractivity contribution < 1.29 is 9.66 Å². The van der Waals surface area contributed by atoms with E-state index in [0.717, 1.165) is 17.1 Å². The highest BCUT2D eigenvalue weighted by Crippen LogP contribution is 2.33. The van der Waals surface area contributed by atoms with E-state index in [1.54, 1.807) is 25.4 Å². The number of halogens is 1. The SMILES string of the molecule is COc1ccc(C(Nc2ccc(Cl)cc2[N+](=O)[O-])c2nccn2C)cc1. The fraction of sp³-hybridized carbons (Fsp3) is 0.167. The van der Waals surface area contributed by atoms with Crippen LogP contribution in [0, 0.1) is 10.1 Å². The normalized spacial score (nSPS) is 11.8. The summed E-state index contributed by atoms with van der Waals surface area (Å²) in [7, 11) is 3.47. The lowest BCUT2D eigenvalue weighted by atomic mass is 10.0. The van der Waals surface area contributed by atoms with Crippen molar-refractivity contribution in [2.75, 3.05) is 12.4 Å². The van der Waals surface area contributed by atoms with Gasteiger partial charge in [-0.2, -0.15) is 0 Å². The summed E-state index contributed by atoms with van der Waals surface area (Å²) in [5.74, 6) is 1.45. The highest BCUT2D eigenvalue weighted by molar-refractivity contribution is 6.30. The smallest absolute Gasteiger partial charge is 0.293 e. The Morgan fingerprint density at radius 2 is 2.00 bits per heavy atom. The first kappa shape index (κ1) is 17.8. The zero-order valence-electron chi connectivity index (χ0n) is 14.2. The number of imidazole rings is 1. The van der Waals surface area contributed by atoms with Crippen molar-refractivity contribution >= 4 is 23.0 Å². The van der Waals surface area contributed by atoms with Crippen LogP contribution in [0.3, 0.4) is 0 Å². The van der Waals surface area contributed by atoms with Gasteiger partial charge in [0.15, 0.2) is 0 Å². The average molecular weight is 373 g/mol. The molecule has 1 heterocycles. The second-order valence-electron chi connectivity index (χ2n) is 5.67. The average Bonchev–Trinajstić information content (AvgIpc) is 3.06. The van der Waals surface area contributed by atoms with Crippen LogP contribution in [0.2, 0.25) is 5.02 Å². The Balaban J connectivity index is 2.05. The van der Waals surface area contributed by atoms with E-state index >= 15 is 0 Å². The van der Waals surface area contributed by atoms with Gasteiger partial charge in [-0.15, -0.1) is 0 Å². The van der Waals surface area contributed by atoms with Crippen molar-refractivity contribution in [3.05, 3.63) is 81.4 Å². The lowest BCUT2D eigenvalue weighted by Gasteiger charge is -2.20. The van der Waals surface area contributed by atoms with Gasteiger partial charge in [-0.25, -0.2) is 4.98 Å². The number of aryl methyl sites for hydroxylation is 1. The number of hydrogen-bond donors (Lipinski definition) is 1. The van der Waals surface area contributed by atoms with Crippen LogP contribution < -0.4 is 10.1 Å². The number of aromatic nitrogens is 2. The van der Waals surface area contributed by atoms with Gasteiger partial charge in [0.25, 0.3) is 5.69 Å². The van der Waals surface area contributed by atoms with Gasteiger partial charge in [0.05, 0.1) is 12.0 Å². The molecule has 0 fully saturated rings. The number of hydrogen-bond acceptors (Lipinski definition) is 5. The number of nitrogens with one attached hydrogen (secondary N) is 1. The van der Waals surface area contributed by atoms with Gasteiger partial charge in [-0.3, -0.25) is 10.1 Å². The molecular weight excluding hydrogens is 356 g/mol. The Hall–Kier alpha value is -3.06. The van der Waals surface area contributed by atoms with Gasteiger partial charge in [0, 0.05) is 30.5 Å². The number of benzene rings is 2. The van der Waals surface area contributed by atoms with E-state index in [2.05, 4.69) is 10.3 Å². The molecule has 3 aromatic rings. The summed E-state index contributed by atoms with van der Waals surface area (Å²) in [5.41, 5.74) is 1.16. The van der Waals surface area contributed by atoms with Crippen molar-refractivity contribution in [1.82, 2.24) is 9.55 Å². The number of methoxy groups -OCH3 is 1. The molecule has 0 spiro atoms. The molecule has 7 nitrogen and oxygen atoms in total. The third-order valence-corrected chi connectivity index (χ3v) is 4.26. The maximum atomic E-state index is 11.4. The third kappa shape index (κ3) is 3.62. The second-order valence-corrected chi connectivity index (χ2v) is 6.10. The van der Waals surface area contributed by atoms with E-state index in [1.165, 1.54) is 6.07 Å². The maximum Gasteiger partial charge on any atom is 0.293 e. The van der Waals surface area contributed by atoms with Gasteiger partial charge >= 0.3 is 0 Å². The molecule has 1 unspecified atom stereocenters. The second kappa shape index (κ2) is 7.45. The van der Waals surface area contributed by atoms with E-state index < -0.39 is 4.92 Å². The number of ether oxygens (including phenoxy) is 1. The third-order valence-electron chi connectivity index (χ3n) is 4.02. The summed E-state index contributed by atoms with van der Waals surface area (Å²) < 4.78 is 7.06. The van der Waals surface area contributed by atoms with Crippen LogP contribution in [0.1, 0.15) is 17.4 Å². The first-order chi connectivity index (χ1) is 12.5. The number of nitrogens with zero attached hydrogens (tertiary/aromatic N) is 3. The molecule has 1 aromatic heterocycles. The standard InChI is InChI=1S/C18H17ClN4O3/c1-22-10-9-20-18(22)17(12-3-6-14(26-2)7-4-12)21-15-8-5-13(19)11-16(15)23(24)25/h3-11,17,21H,1-2H3. The zero-order chi connectivity index (χ0) is 18.7. The van der Waals surface area contributed by atoms with Crippen molar-refractivity contribution in [2.24, 2.45) is 7.05 Å². The van der Waals surface area contributed by atoms with E-state index in [0.29, 0.717) is 10.7 Å². The molecule has 0 saturated carbocycles. The van der Waals surface area contributed by atoms with E-state index in [4.69, 9.17) is 16.3 Å². The maximum absolute atomic E-state index is 11.4. The van der Waals surface area contributed by atoms with Crippen molar-refractivity contribution in [1.29, 1.82) is 0 Å². The summed E-state index contributed by atoms with van der Waals surface area (Å²) in [6.07, 6.45) is 3.51. The van der Waals surface area contributed by atoms with Gasteiger partial charge in [-0.05, 0) is 29.8 Å². The lowest BCUT2D eigenvalue weighted by molar-refractivity contribution is -0.384. The van der Waals surface area contributed by atoms with Crippen LogP contribution in [-0.2, 0) is 7.05 Å². The predicted octanol–water partition coefficient (Wildman–Crippen LogP) is 4.19. The fourth-order valence-corrected chi connectivity index (χ4v) is 2.85. The van der Waals surface area contributed by atoms with Crippen LogP contribution in [0.25, 0.3) is 0 Å². The number of rotatable bonds is 6. The van der Waals surface area contributed by atoms with Crippen LogP contribution >= 0.6 is 11.6 Å². The van der Waals surface area contributed by atoms with E-state index in [-0.39, 0.29) is 11.7 Å². The number of nitro groups is 1. The molecule has 0 bridgehead atoms. The summed E-state index contributed by atoms with van der Waals surface area (Å²) in [4.78, 5) is 15.3. The Morgan fingerprint density at radius 3 is 2.58 bits per heavy atom. The molecule has 134 valence electrons. The van der Waals surface area contributed by atoms with E-state index in [1.807, 2.05) is 42.1 Å². The van der Waals surface area contributed by atoms with Gasteiger partial charge in [-0.1, -0.05) is 23.7 Å². The lowest BCUT2D eigenvalue weighted by Crippen LogP contribution is -2.17. The minimum atomic E-state index is -0.461. The molecule has 0 saturated heterocycles.